The molecule has 4 rings (SSSR count). The number of carbonyl (C=O) groups excluding carboxylic acids is 2. The average molecular weight is 485 g/mol. The Balaban J connectivity index is 1.35. The molecule has 1 fully saturated rings. The Morgan fingerprint density at radius 1 is 1.23 bits per heavy atom. The van der Waals surface area contributed by atoms with Crippen LogP contribution in [0.5, 0.6) is 11.5 Å². The summed E-state index contributed by atoms with van der Waals surface area (Å²) >= 11 is 0. The molecule has 0 atom stereocenters. The number of halogens is 2. The number of aliphatic imine (C=N–C) groups is 1. The monoisotopic (exact) mass is 484 g/mol. The quantitative estimate of drug-likeness (QED) is 0.613. The lowest BCUT2D eigenvalue weighted by molar-refractivity contribution is -0.118. The van der Waals surface area contributed by atoms with Gasteiger partial charge in [0.1, 0.15) is 11.6 Å². The molecule has 2 heterocycles. The highest BCUT2D eigenvalue weighted by Crippen LogP contribution is 2.32. The van der Waals surface area contributed by atoms with Crippen LogP contribution in [0.2, 0.25) is 0 Å². The molecule has 2 aromatic carbocycles. The van der Waals surface area contributed by atoms with Crippen LogP contribution in [0.3, 0.4) is 0 Å². The summed E-state index contributed by atoms with van der Waals surface area (Å²) in [4.78, 5) is 29.8. The summed E-state index contributed by atoms with van der Waals surface area (Å²) in [7, 11) is 1.64. The van der Waals surface area contributed by atoms with Crippen molar-refractivity contribution in [2.45, 2.75) is 13.8 Å². The smallest absolute Gasteiger partial charge is 0.262 e. The maximum absolute atomic E-state index is 14.7. The number of amides is 2. The third-order valence-corrected chi connectivity index (χ3v) is 5.96. The summed E-state index contributed by atoms with van der Waals surface area (Å²) in [5.41, 5.74) is 8.56. The first-order chi connectivity index (χ1) is 16.7. The fourth-order valence-corrected chi connectivity index (χ4v) is 4.09. The highest BCUT2D eigenvalue weighted by Gasteiger charge is 2.34. The van der Waals surface area contributed by atoms with Crippen LogP contribution >= 0.6 is 0 Å². The van der Waals surface area contributed by atoms with Crippen LogP contribution in [-0.2, 0) is 4.79 Å². The lowest BCUT2D eigenvalue weighted by Crippen LogP contribution is -2.52. The molecule has 10 heteroatoms. The molecule has 0 spiro atoms. The van der Waals surface area contributed by atoms with Crippen LogP contribution in [0.25, 0.3) is 5.57 Å². The Bertz CT molecular complexity index is 1250. The predicted molar refractivity (Wildman–Crippen MR) is 128 cm³/mol. The Morgan fingerprint density at radius 3 is 2.63 bits per heavy atom. The van der Waals surface area contributed by atoms with E-state index in [4.69, 9.17) is 15.2 Å². The Kier molecular flexibility index (Phi) is 6.72. The number of allylic oxidation sites excluding steroid dienone is 2. The van der Waals surface area contributed by atoms with Crippen LogP contribution in [0, 0.1) is 17.6 Å². The van der Waals surface area contributed by atoms with Crippen molar-refractivity contribution in [2.24, 2.45) is 16.6 Å². The summed E-state index contributed by atoms with van der Waals surface area (Å²) in [6.07, 6.45) is 0. The number of nitrogens with one attached hydrogen (secondary N) is 1. The molecule has 0 aromatic heterocycles. The molecule has 0 bridgehead atoms. The van der Waals surface area contributed by atoms with Gasteiger partial charge in [-0.05, 0) is 37.6 Å². The van der Waals surface area contributed by atoms with Crippen LogP contribution in [0.15, 0.2) is 41.0 Å². The zero-order valence-corrected chi connectivity index (χ0v) is 19.7. The van der Waals surface area contributed by atoms with Gasteiger partial charge in [-0.2, -0.15) is 0 Å². The van der Waals surface area contributed by atoms with Crippen LogP contribution in [0.4, 0.5) is 14.5 Å². The molecule has 0 unspecified atom stereocenters. The third kappa shape index (κ3) is 4.96. The molecule has 2 aliphatic heterocycles. The van der Waals surface area contributed by atoms with Gasteiger partial charge in [0.15, 0.2) is 18.2 Å². The van der Waals surface area contributed by atoms with Gasteiger partial charge < -0.3 is 25.4 Å². The van der Waals surface area contributed by atoms with E-state index < -0.39 is 17.5 Å². The number of rotatable bonds is 6. The first kappa shape index (κ1) is 24.2. The third-order valence-electron chi connectivity index (χ3n) is 5.96. The average Bonchev–Trinajstić information content (AvgIpc) is 2.78. The van der Waals surface area contributed by atoms with Gasteiger partial charge in [0.05, 0.1) is 17.9 Å². The van der Waals surface area contributed by atoms with Gasteiger partial charge >= 0.3 is 0 Å². The zero-order valence-electron chi connectivity index (χ0n) is 19.7. The van der Waals surface area contributed by atoms with Crippen molar-refractivity contribution in [3.63, 3.8) is 0 Å². The lowest BCUT2D eigenvalue weighted by Gasteiger charge is -2.39. The van der Waals surface area contributed by atoms with E-state index in [9.17, 15) is 18.4 Å². The summed E-state index contributed by atoms with van der Waals surface area (Å²) in [6, 6.07) is 6.98. The van der Waals surface area contributed by atoms with E-state index in [0.717, 1.165) is 6.07 Å². The molecule has 8 nitrogen and oxygen atoms in total. The summed E-state index contributed by atoms with van der Waals surface area (Å²) in [5, 5.41) is 2.56. The number of hydrogen-bond acceptors (Lipinski definition) is 6. The number of benzene rings is 2. The van der Waals surface area contributed by atoms with Gasteiger partial charge in [-0.15, -0.1) is 0 Å². The second kappa shape index (κ2) is 9.73. The van der Waals surface area contributed by atoms with Crippen LogP contribution in [0.1, 0.15) is 29.8 Å². The SMILES string of the molecule is CN=C(C)C(=C(C)N)c1ccc(OCC2CN(C(=O)c3cc4c(cc3F)OCC(=O)N4)C2)c(F)c1. The van der Waals surface area contributed by atoms with E-state index in [0.29, 0.717) is 35.6 Å². The topological polar surface area (TPSA) is 106 Å². The highest BCUT2D eigenvalue weighted by atomic mass is 19.1. The van der Waals surface area contributed by atoms with Crippen LogP contribution < -0.4 is 20.5 Å². The van der Waals surface area contributed by atoms with Gasteiger partial charge in [-0.25, -0.2) is 8.78 Å². The number of ether oxygens (including phenoxy) is 2. The minimum absolute atomic E-state index is 0.0297. The van der Waals surface area contributed by atoms with Crippen molar-refractivity contribution in [3.8, 4) is 11.5 Å². The molecule has 2 aromatic rings. The fourth-order valence-electron chi connectivity index (χ4n) is 4.09. The Morgan fingerprint density at radius 2 is 1.97 bits per heavy atom. The number of hydrogen-bond donors (Lipinski definition) is 2. The number of nitrogens with zero attached hydrogens (tertiary/aromatic N) is 2. The Hall–Kier alpha value is -3.95. The molecule has 0 saturated carbocycles. The van der Waals surface area contributed by atoms with Crippen LogP contribution in [-0.4, -0.2) is 55.8 Å². The second-order valence-corrected chi connectivity index (χ2v) is 8.56. The van der Waals surface area contributed by atoms with E-state index >= 15 is 0 Å². The van der Waals surface area contributed by atoms with E-state index in [1.54, 1.807) is 27.0 Å². The minimum Gasteiger partial charge on any atom is -0.490 e. The maximum atomic E-state index is 14.7. The zero-order chi connectivity index (χ0) is 25.3. The number of carbonyl (C=O) groups is 2. The van der Waals surface area contributed by atoms with Gasteiger partial charge in [0.2, 0.25) is 0 Å². The standard InChI is InChI=1S/C25H26F2N4O4/c1-13(28)24(14(2)29-3)16-4-5-21(19(27)6-16)34-11-15-9-31(10-15)25(33)17-7-20-22(8-18(17)26)35-12-23(32)30-20/h4-8,15H,9-12,28H2,1-3H3,(H,30,32). The van der Waals surface area contributed by atoms with Crippen molar-refractivity contribution >= 4 is 28.8 Å². The number of anilines is 1. The molecule has 3 N–H and O–H groups in total. The van der Waals surface area contributed by atoms with E-state index in [1.807, 2.05) is 0 Å². The molecule has 1 saturated heterocycles. The first-order valence-electron chi connectivity index (χ1n) is 11.1. The molecular formula is C25H26F2N4O4. The summed E-state index contributed by atoms with van der Waals surface area (Å²) < 4.78 is 39.9. The van der Waals surface area contributed by atoms with Crippen molar-refractivity contribution < 1.29 is 27.8 Å². The van der Waals surface area contributed by atoms with Crippen molar-refractivity contribution in [2.75, 3.05) is 38.7 Å². The molecule has 0 radical (unpaired) electrons. The molecule has 2 amide bonds. The largest absolute Gasteiger partial charge is 0.490 e. The number of fused-ring (bicyclic) bond motifs is 1. The lowest BCUT2D eigenvalue weighted by atomic mass is 9.99. The molecule has 35 heavy (non-hydrogen) atoms. The minimum atomic E-state index is -0.726. The van der Waals surface area contributed by atoms with Gasteiger partial charge in [0.25, 0.3) is 11.8 Å². The fraction of sp³-hybridized carbons (Fsp3) is 0.320. The maximum Gasteiger partial charge on any atom is 0.262 e. The second-order valence-electron chi connectivity index (χ2n) is 8.56. The van der Waals surface area contributed by atoms with Crippen molar-refractivity contribution in [1.29, 1.82) is 0 Å². The molecule has 2 aliphatic rings. The summed E-state index contributed by atoms with van der Waals surface area (Å²) in [6.45, 7) is 4.21. The molecule has 184 valence electrons. The first-order valence-corrected chi connectivity index (χ1v) is 11.1. The summed E-state index contributed by atoms with van der Waals surface area (Å²) in [5.74, 6) is -1.88. The number of nitrogens with two attached hydrogens (primary N) is 1. The van der Waals surface area contributed by atoms with Crippen molar-refractivity contribution in [3.05, 3.63) is 58.8 Å². The van der Waals surface area contributed by atoms with Gasteiger partial charge in [-0.1, -0.05) is 6.07 Å². The number of likely N-dealkylation sites (tertiary alicyclic amines) is 1. The van der Waals surface area contributed by atoms with Gasteiger partial charge in [0, 0.05) is 49.1 Å². The highest BCUT2D eigenvalue weighted by molar-refractivity contribution is 6.23. The normalized spacial score (nSPS) is 16.5. The van der Waals surface area contributed by atoms with E-state index in [-0.39, 0.29) is 47.8 Å². The molecular weight excluding hydrogens is 458 g/mol. The van der Waals surface area contributed by atoms with Crippen molar-refractivity contribution in [1.82, 2.24) is 4.90 Å². The Labute approximate surface area is 201 Å². The van der Waals surface area contributed by atoms with E-state index in [1.165, 1.54) is 23.1 Å². The predicted octanol–water partition coefficient (Wildman–Crippen LogP) is 3.23. The van der Waals surface area contributed by atoms with E-state index in [2.05, 4.69) is 10.3 Å². The molecule has 0 aliphatic carbocycles. The van der Waals surface area contributed by atoms with Gasteiger partial charge in [-0.3, -0.25) is 14.6 Å².